The highest BCUT2D eigenvalue weighted by molar-refractivity contribution is 6.63. The molecule has 0 atom stereocenters. The van der Waals surface area contributed by atoms with E-state index >= 15 is 0 Å². The quantitative estimate of drug-likeness (QED) is 0.771. The van der Waals surface area contributed by atoms with Crippen LogP contribution in [0, 0.1) is 0 Å². The van der Waals surface area contributed by atoms with Crippen LogP contribution in [0.2, 0.25) is 0 Å². The van der Waals surface area contributed by atoms with Crippen LogP contribution in [0.25, 0.3) is 0 Å². The van der Waals surface area contributed by atoms with Crippen molar-refractivity contribution < 1.29 is 14.4 Å². The van der Waals surface area contributed by atoms with E-state index in [2.05, 4.69) is 0 Å². The van der Waals surface area contributed by atoms with Crippen LogP contribution >= 0.6 is 0 Å². The summed E-state index contributed by atoms with van der Waals surface area (Å²) in [5, 5.41) is 10.0. The van der Waals surface area contributed by atoms with Crippen molar-refractivity contribution in [2.45, 2.75) is 45.4 Å². The predicted octanol–water partition coefficient (Wildman–Crippen LogP) is 1.15. The average Bonchev–Trinajstić information content (AvgIpc) is 2.47. The Bertz CT molecular complexity index is 444. The molecule has 1 saturated heterocycles. The Labute approximate surface area is 108 Å². The lowest BCUT2D eigenvalue weighted by molar-refractivity contribution is 0.00578. The Morgan fingerprint density at radius 2 is 1.72 bits per heavy atom. The minimum Gasteiger partial charge on any atom is -0.508 e. The predicted molar refractivity (Wildman–Crippen MR) is 71.7 cm³/mol. The summed E-state index contributed by atoms with van der Waals surface area (Å²) in [4.78, 5) is 0. The highest BCUT2D eigenvalue weighted by atomic mass is 16.7. The van der Waals surface area contributed by atoms with Crippen LogP contribution < -0.4 is 11.2 Å². The number of hydrogen-bond acceptors (Lipinski definition) is 4. The molecule has 0 radical (unpaired) electrons. The van der Waals surface area contributed by atoms with Crippen LogP contribution in [0.1, 0.15) is 33.3 Å². The maximum absolute atomic E-state index is 10.0. The first-order valence-corrected chi connectivity index (χ1v) is 6.15. The van der Waals surface area contributed by atoms with Gasteiger partial charge in [0.15, 0.2) is 0 Å². The van der Waals surface area contributed by atoms with Crippen molar-refractivity contribution in [1.82, 2.24) is 0 Å². The molecule has 98 valence electrons. The fourth-order valence-electron chi connectivity index (χ4n) is 2.01. The molecule has 0 spiro atoms. The summed E-state index contributed by atoms with van der Waals surface area (Å²) in [5.74, 6) is 0.163. The van der Waals surface area contributed by atoms with Crippen molar-refractivity contribution in [2.24, 2.45) is 5.73 Å². The first kappa shape index (κ1) is 13.4. The van der Waals surface area contributed by atoms with Crippen molar-refractivity contribution in [3.05, 3.63) is 23.8 Å². The van der Waals surface area contributed by atoms with E-state index in [-0.39, 0.29) is 5.75 Å². The van der Waals surface area contributed by atoms with Crippen LogP contribution in [-0.2, 0) is 15.9 Å². The first-order chi connectivity index (χ1) is 8.28. The van der Waals surface area contributed by atoms with E-state index in [1.54, 1.807) is 12.1 Å². The lowest BCUT2D eigenvalue weighted by Crippen LogP contribution is -2.41. The zero-order chi connectivity index (χ0) is 13.6. The molecule has 2 rings (SSSR count). The van der Waals surface area contributed by atoms with Gasteiger partial charge in [-0.05, 0) is 39.3 Å². The summed E-state index contributed by atoms with van der Waals surface area (Å²) in [5.41, 5.74) is 6.33. The second-order valence-corrected chi connectivity index (χ2v) is 5.64. The lowest BCUT2D eigenvalue weighted by Gasteiger charge is -2.32. The third-order valence-electron chi connectivity index (χ3n) is 3.88. The molecular formula is C13H20BNO3. The van der Waals surface area contributed by atoms with E-state index in [1.165, 1.54) is 0 Å². The van der Waals surface area contributed by atoms with Crippen LogP contribution in [0.3, 0.4) is 0 Å². The van der Waals surface area contributed by atoms with Crippen molar-refractivity contribution in [3.63, 3.8) is 0 Å². The van der Waals surface area contributed by atoms with Crippen LogP contribution in [-0.4, -0.2) is 23.4 Å². The Balaban J connectivity index is 2.41. The molecule has 18 heavy (non-hydrogen) atoms. The summed E-state index contributed by atoms with van der Waals surface area (Å²) in [6, 6.07) is 5.27. The molecule has 4 nitrogen and oxygen atoms in total. The number of rotatable bonds is 2. The van der Waals surface area contributed by atoms with Crippen molar-refractivity contribution in [1.29, 1.82) is 0 Å². The SMILES string of the molecule is CC1(C)OB(c2c(O)cccc2CN)OC1(C)C. The molecule has 5 heteroatoms. The summed E-state index contributed by atoms with van der Waals surface area (Å²) < 4.78 is 11.9. The van der Waals surface area contributed by atoms with Crippen LogP contribution in [0.4, 0.5) is 0 Å². The normalized spacial score (nSPS) is 21.3. The van der Waals surface area contributed by atoms with E-state index in [1.807, 2.05) is 33.8 Å². The second kappa shape index (κ2) is 4.26. The zero-order valence-electron chi connectivity index (χ0n) is 11.4. The fraction of sp³-hybridized carbons (Fsp3) is 0.538. The van der Waals surface area contributed by atoms with Gasteiger partial charge in [0.2, 0.25) is 0 Å². The van der Waals surface area contributed by atoms with Gasteiger partial charge in [-0.2, -0.15) is 0 Å². The van der Waals surface area contributed by atoms with Gasteiger partial charge >= 0.3 is 7.12 Å². The number of hydrogen-bond donors (Lipinski definition) is 2. The largest absolute Gasteiger partial charge is 0.508 e. The van der Waals surface area contributed by atoms with E-state index in [9.17, 15) is 5.11 Å². The molecule has 0 aromatic heterocycles. The van der Waals surface area contributed by atoms with E-state index in [0.717, 1.165) is 5.56 Å². The van der Waals surface area contributed by atoms with Gasteiger partial charge in [-0.15, -0.1) is 0 Å². The molecule has 0 unspecified atom stereocenters. The Hall–Kier alpha value is -1.04. The number of phenolic OH excluding ortho intramolecular Hbond substituents is 1. The van der Waals surface area contributed by atoms with Gasteiger partial charge in [0.25, 0.3) is 0 Å². The number of benzene rings is 1. The van der Waals surface area contributed by atoms with Gasteiger partial charge in [0, 0.05) is 12.0 Å². The summed E-state index contributed by atoms with van der Waals surface area (Å²) in [6.45, 7) is 8.27. The Morgan fingerprint density at radius 3 is 2.22 bits per heavy atom. The van der Waals surface area contributed by atoms with Crippen LogP contribution in [0.5, 0.6) is 5.75 Å². The van der Waals surface area contributed by atoms with Crippen molar-refractivity contribution in [3.8, 4) is 5.75 Å². The molecule has 1 aliphatic rings. The lowest BCUT2D eigenvalue weighted by atomic mass is 9.75. The highest BCUT2D eigenvalue weighted by Gasteiger charge is 2.52. The van der Waals surface area contributed by atoms with E-state index in [4.69, 9.17) is 15.0 Å². The topological polar surface area (TPSA) is 64.7 Å². The zero-order valence-corrected chi connectivity index (χ0v) is 11.4. The van der Waals surface area contributed by atoms with Gasteiger partial charge in [-0.3, -0.25) is 0 Å². The van der Waals surface area contributed by atoms with Gasteiger partial charge in [0.1, 0.15) is 5.75 Å². The molecule has 1 aromatic rings. The summed E-state index contributed by atoms with van der Waals surface area (Å²) >= 11 is 0. The van der Waals surface area contributed by atoms with Crippen molar-refractivity contribution >= 4 is 12.6 Å². The van der Waals surface area contributed by atoms with Crippen molar-refractivity contribution in [2.75, 3.05) is 0 Å². The molecule has 0 aliphatic carbocycles. The molecule has 3 N–H and O–H groups in total. The standard InChI is InChI=1S/C13H20BNO3/c1-12(2)13(3,4)18-14(17-12)11-9(8-15)6-5-7-10(11)16/h5-7,16H,8,15H2,1-4H3. The molecule has 0 amide bonds. The Kier molecular flexibility index (Phi) is 3.17. The van der Waals surface area contributed by atoms with Gasteiger partial charge in [0.05, 0.1) is 11.2 Å². The first-order valence-electron chi connectivity index (χ1n) is 6.15. The van der Waals surface area contributed by atoms with E-state index in [0.29, 0.717) is 12.0 Å². The molecule has 0 saturated carbocycles. The molecule has 0 bridgehead atoms. The third kappa shape index (κ3) is 2.02. The van der Waals surface area contributed by atoms with E-state index < -0.39 is 18.3 Å². The monoisotopic (exact) mass is 249 g/mol. The number of aromatic hydroxyl groups is 1. The third-order valence-corrected chi connectivity index (χ3v) is 3.88. The number of phenols is 1. The summed E-state index contributed by atoms with van der Waals surface area (Å²) in [6.07, 6.45) is 0. The maximum atomic E-state index is 10.0. The fourth-order valence-corrected chi connectivity index (χ4v) is 2.01. The molecule has 1 heterocycles. The highest BCUT2D eigenvalue weighted by Crippen LogP contribution is 2.37. The summed E-state index contributed by atoms with van der Waals surface area (Å²) in [7, 11) is -0.574. The Morgan fingerprint density at radius 1 is 1.17 bits per heavy atom. The number of nitrogens with two attached hydrogens (primary N) is 1. The molecule has 1 aromatic carbocycles. The average molecular weight is 249 g/mol. The maximum Gasteiger partial charge on any atom is 0.498 e. The molecule has 1 aliphatic heterocycles. The van der Waals surface area contributed by atoms with Crippen LogP contribution in [0.15, 0.2) is 18.2 Å². The smallest absolute Gasteiger partial charge is 0.498 e. The van der Waals surface area contributed by atoms with Gasteiger partial charge in [-0.25, -0.2) is 0 Å². The minimum absolute atomic E-state index is 0.163. The van der Waals surface area contributed by atoms with Gasteiger partial charge < -0.3 is 20.1 Å². The second-order valence-electron chi connectivity index (χ2n) is 5.64. The van der Waals surface area contributed by atoms with Gasteiger partial charge in [-0.1, -0.05) is 12.1 Å². The minimum atomic E-state index is -0.574. The molecule has 1 fully saturated rings. The molecular weight excluding hydrogens is 229 g/mol.